The van der Waals surface area contributed by atoms with Crippen molar-refractivity contribution in [1.82, 2.24) is 9.97 Å². The minimum atomic E-state index is -0.322. The summed E-state index contributed by atoms with van der Waals surface area (Å²) >= 11 is 0. The van der Waals surface area contributed by atoms with Gasteiger partial charge in [0.25, 0.3) is 5.91 Å². The van der Waals surface area contributed by atoms with Gasteiger partial charge in [0, 0.05) is 12.3 Å². The Morgan fingerprint density at radius 3 is 2.85 bits per heavy atom. The molecule has 1 amide bonds. The molecule has 0 saturated heterocycles. The monoisotopic (exact) mass is 273 g/mol. The molecule has 0 radical (unpaired) electrons. The molecule has 20 heavy (non-hydrogen) atoms. The van der Waals surface area contributed by atoms with Crippen LogP contribution in [0.15, 0.2) is 36.7 Å². The van der Waals surface area contributed by atoms with Crippen LogP contribution < -0.4 is 21.3 Å². The van der Waals surface area contributed by atoms with Crippen LogP contribution in [0.5, 0.6) is 5.88 Å². The molecule has 4 N–H and O–H groups in total. The minimum Gasteiger partial charge on any atom is -0.478 e. The number of ether oxygens (including phenoxy) is 1. The molecule has 2 rings (SSSR count). The van der Waals surface area contributed by atoms with Crippen LogP contribution in [0, 0.1) is 0 Å². The van der Waals surface area contributed by atoms with Crippen molar-refractivity contribution < 1.29 is 9.53 Å². The average molecular weight is 273 g/mol. The van der Waals surface area contributed by atoms with Crippen LogP contribution in [0.4, 0.5) is 11.5 Å². The first kappa shape index (κ1) is 13.8. The van der Waals surface area contributed by atoms with Crippen LogP contribution in [0.1, 0.15) is 17.3 Å². The highest BCUT2D eigenvalue weighted by Gasteiger charge is 2.11. The lowest BCUT2D eigenvalue weighted by molar-refractivity contribution is 0.102. The molecule has 7 heteroatoms. The Morgan fingerprint density at radius 1 is 1.35 bits per heavy atom. The number of carbonyl (C=O) groups is 1. The van der Waals surface area contributed by atoms with Crippen LogP contribution in [0.2, 0.25) is 0 Å². The second kappa shape index (κ2) is 6.48. The van der Waals surface area contributed by atoms with E-state index in [-0.39, 0.29) is 5.91 Å². The molecule has 0 aliphatic rings. The molecule has 0 spiro atoms. The predicted molar refractivity (Wildman–Crippen MR) is 75.4 cm³/mol. The Labute approximate surface area is 116 Å². The van der Waals surface area contributed by atoms with Crippen molar-refractivity contribution in [2.45, 2.75) is 6.92 Å². The van der Waals surface area contributed by atoms with Gasteiger partial charge in [-0.05, 0) is 25.1 Å². The predicted octanol–water partition coefficient (Wildman–Crippen LogP) is 1.41. The maximum absolute atomic E-state index is 12.1. The van der Waals surface area contributed by atoms with E-state index < -0.39 is 0 Å². The van der Waals surface area contributed by atoms with Crippen molar-refractivity contribution in [1.29, 1.82) is 0 Å². The van der Waals surface area contributed by atoms with Crippen molar-refractivity contribution in [3.63, 3.8) is 0 Å². The van der Waals surface area contributed by atoms with Crippen molar-refractivity contribution in [2.24, 2.45) is 5.84 Å². The van der Waals surface area contributed by atoms with E-state index in [0.717, 1.165) is 0 Å². The molecule has 2 heterocycles. The maximum atomic E-state index is 12.1. The zero-order chi connectivity index (χ0) is 14.4. The number of hydrogen-bond acceptors (Lipinski definition) is 6. The van der Waals surface area contributed by atoms with Crippen molar-refractivity contribution >= 4 is 17.4 Å². The van der Waals surface area contributed by atoms with Gasteiger partial charge >= 0.3 is 0 Å². The van der Waals surface area contributed by atoms with E-state index in [2.05, 4.69) is 20.7 Å². The average Bonchev–Trinajstić information content (AvgIpc) is 2.49. The van der Waals surface area contributed by atoms with E-state index in [1.807, 2.05) is 6.92 Å². The summed E-state index contributed by atoms with van der Waals surface area (Å²) in [5, 5.41) is 2.71. The molecule has 7 nitrogen and oxygen atoms in total. The molecule has 2 aromatic heterocycles. The summed E-state index contributed by atoms with van der Waals surface area (Å²) in [4.78, 5) is 20.1. The Bertz CT molecular complexity index is 586. The summed E-state index contributed by atoms with van der Waals surface area (Å²) in [5.41, 5.74) is 3.29. The van der Waals surface area contributed by atoms with E-state index in [9.17, 15) is 4.79 Å². The van der Waals surface area contributed by atoms with E-state index in [4.69, 9.17) is 10.6 Å². The Morgan fingerprint density at radius 2 is 2.20 bits per heavy atom. The second-order valence-corrected chi connectivity index (χ2v) is 3.82. The third-order valence-electron chi connectivity index (χ3n) is 2.48. The molecule has 0 aliphatic heterocycles. The SMILES string of the molecule is CCOc1ccc(NC(=O)c2cccnc2NN)cn1. The number of hydrogen-bond donors (Lipinski definition) is 3. The van der Waals surface area contributed by atoms with E-state index in [1.165, 1.54) is 6.20 Å². The summed E-state index contributed by atoms with van der Waals surface area (Å²) in [6.45, 7) is 2.42. The molecular weight excluding hydrogens is 258 g/mol. The van der Waals surface area contributed by atoms with Crippen molar-refractivity contribution in [3.8, 4) is 5.88 Å². The number of hydrazine groups is 1. The van der Waals surface area contributed by atoms with Crippen molar-refractivity contribution in [3.05, 3.63) is 42.2 Å². The van der Waals surface area contributed by atoms with Gasteiger partial charge in [0.05, 0.1) is 24.1 Å². The molecule has 0 unspecified atom stereocenters. The Kier molecular flexibility index (Phi) is 4.46. The van der Waals surface area contributed by atoms with E-state index >= 15 is 0 Å². The third-order valence-corrected chi connectivity index (χ3v) is 2.48. The zero-order valence-corrected chi connectivity index (χ0v) is 11.0. The fourth-order valence-electron chi connectivity index (χ4n) is 1.59. The number of rotatable bonds is 5. The number of aromatic nitrogens is 2. The molecule has 2 aromatic rings. The minimum absolute atomic E-state index is 0.309. The van der Waals surface area contributed by atoms with E-state index in [0.29, 0.717) is 29.6 Å². The van der Waals surface area contributed by atoms with Gasteiger partial charge in [-0.25, -0.2) is 15.8 Å². The molecule has 0 saturated carbocycles. The number of nitrogen functional groups attached to an aromatic ring is 1. The smallest absolute Gasteiger partial charge is 0.259 e. The summed E-state index contributed by atoms with van der Waals surface area (Å²) in [6, 6.07) is 6.68. The number of nitrogens with zero attached hydrogens (tertiary/aromatic N) is 2. The fourth-order valence-corrected chi connectivity index (χ4v) is 1.59. The number of anilines is 2. The van der Waals surface area contributed by atoms with Crippen LogP contribution in [-0.2, 0) is 0 Å². The Hall–Kier alpha value is -2.67. The first-order valence-electron chi connectivity index (χ1n) is 6.06. The van der Waals surface area contributed by atoms with Crippen LogP contribution in [0.3, 0.4) is 0 Å². The van der Waals surface area contributed by atoms with Gasteiger partial charge in [-0.15, -0.1) is 0 Å². The number of nitrogens with one attached hydrogen (secondary N) is 2. The van der Waals surface area contributed by atoms with E-state index in [1.54, 1.807) is 30.5 Å². The third kappa shape index (κ3) is 3.21. The number of pyridine rings is 2. The highest BCUT2D eigenvalue weighted by molar-refractivity contribution is 6.07. The summed E-state index contributed by atoms with van der Waals surface area (Å²) < 4.78 is 5.23. The molecule has 0 atom stereocenters. The van der Waals surface area contributed by atoms with Crippen LogP contribution in [0.25, 0.3) is 0 Å². The standard InChI is InChI=1S/C13H15N5O2/c1-2-20-11-6-5-9(8-16-11)17-13(19)10-4-3-7-15-12(10)18-14/h3-8H,2,14H2,1H3,(H,15,18)(H,17,19). The molecule has 0 aromatic carbocycles. The summed E-state index contributed by atoms with van der Waals surface area (Å²) in [6.07, 6.45) is 3.07. The molecule has 104 valence electrons. The maximum Gasteiger partial charge on any atom is 0.259 e. The number of nitrogens with two attached hydrogens (primary N) is 1. The fraction of sp³-hybridized carbons (Fsp3) is 0.154. The van der Waals surface area contributed by atoms with Gasteiger partial charge in [-0.2, -0.15) is 0 Å². The highest BCUT2D eigenvalue weighted by Crippen LogP contribution is 2.15. The molecular formula is C13H15N5O2. The van der Waals surface area contributed by atoms with Gasteiger partial charge in [0.15, 0.2) is 5.82 Å². The molecule has 0 aliphatic carbocycles. The number of amides is 1. The normalized spacial score (nSPS) is 9.90. The van der Waals surface area contributed by atoms with Crippen LogP contribution in [-0.4, -0.2) is 22.5 Å². The first-order chi connectivity index (χ1) is 9.74. The number of carbonyl (C=O) groups excluding carboxylic acids is 1. The lowest BCUT2D eigenvalue weighted by Crippen LogP contribution is -2.18. The van der Waals surface area contributed by atoms with Crippen molar-refractivity contribution in [2.75, 3.05) is 17.3 Å². The topological polar surface area (TPSA) is 102 Å². The quantitative estimate of drug-likeness (QED) is 0.562. The largest absolute Gasteiger partial charge is 0.478 e. The summed E-state index contributed by atoms with van der Waals surface area (Å²) in [5.74, 6) is 5.81. The van der Waals surface area contributed by atoms with Gasteiger partial charge in [0.2, 0.25) is 5.88 Å². The molecule has 0 bridgehead atoms. The first-order valence-corrected chi connectivity index (χ1v) is 6.06. The highest BCUT2D eigenvalue weighted by atomic mass is 16.5. The summed E-state index contributed by atoms with van der Waals surface area (Å²) in [7, 11) is 0. The Balaban J connectivity index is 2.11. The molecule has 0 fully saturated rings. The van der Waals surface area contributed by atoms with Gasteiger partial charge < -0.3 is 15.5 Å². The zero-order valence-electron chi connectivity index (χ0n) is 11.0. The van der Waals surface area contributed by atoms with Crippen LogP contribution >= 0.6 is 0 Å². The van der Waals surface area contributed by atoms with Gasteiger partial charge in [-0.3, -0.25) is 4.79 Å². The lowest BCUT2D eigenvalue weighted by Gasteiger charge is -2.08. The van der Waals surface area contributed by atoms with Gasteiger partial charge in [-0.1, -0.05) is 0 Å². The lowest BCUT2D eigenvalue weighted by atomic mass is 10.2. The second-order valence-electron chi connectivity index (χ2n) is 3.82. The van der Waals surface area contributed by atoms with Gasteiger partial charge in [0.1, 0.15) is 0 Å².